The number of benzene rings is 2. The average molecular weight is 476 g/mol. The summed E-state index contributed by atoms with van der Waals surface area (Å²) in [6.45, 7) is 1.15. The molecule has 180 valence electrons. The van der Waals surface area contributed by atoms with Crippen molar-refractivity contribution in [3.8, 4) is 22.7 Å². The van der Waals surface area contributed by atoms with Crippen molar-refractivity contribution >= 4 is 5.91 Å². The summed E-state index contributed by atoms with van der Waals surface area (Å²) in [5.74, 6) is -0.524. The molecule has 2 aliphatic rings. The van der Waals surface area contributed by atoms with E-state index in [0.29, 0.717) is 44.6 Å². The molecule has 1 aliphatic heterocycles. The summed E-state index contributed by atoms with van der Waals surface area (Å²) in [4.78, 5) is 14.5. The van der Waals surface area contributed by atoms with Crippen LogP contribution in [-0.4, -0.2) is 46.9 Å². The Balaban J connectivity index is 1.52. The van der Waals surface area contributed by atoms with Gasteiger partial charge in [0.2, 0.25) is 5.91 Å². The number of ether oxygens (including phenoxy) is 3. The summed E-state index contributed by atoms with van der Waals surface area (Å²) in [5.41, 5.74) is 10.6. The highest BCUT2D eigenvalue weighted by Crippen LogP contribution is 2.45. The number of azide groups is 1. The number of carbonyl (C=O) groups is 1. The van der Waals surface area contributed by atoms with Crippen LogP contribution in [0.1, 0.15) is 41.7 Å². The molecule has 0 atom stereocenters. The fraction of sp³-hybridized carbons (Fsp3) is 0.360. The summed E-state index contributed by atoms with van der Waals surface area (Å²) >= 11 is 0. The van der Waals surface area contributed by atoms with Crippen LogP contribution < -0.4 is 4.74 Å². The first kappa shape index (κ1) is 23.1. The van der Waals surface area contributed by atoms with Crippen LogP contribution in [0.4, 0.5) is 0 Å². The molecule has 10 heteroatoms. The first-order valence-electron chi connectivity index (χ1n) is 11.4. The SMILES string of the molecule is COc1ccc(-n2nc(C3(O)CCC4(CC3)OCCO4)cc2-c2ccc(C(=O)N=[N+]=[N-])cc2)cc1. The van der Waals surface area contributed by atoms with Crippen LogP contribution in [0, 0.1) is 0 Å². The van der Waals surface area contributed by atoms with Crippen molar-refractivity contribution in [2.45, 2.75) is 37.1 Å². The van der Waals surface area contributed by atoms with Crippen LogP contribution in [0.5, 0.6) is 5.75 Å². The van der Waals surface area contributed by atoms with Gasteiger partial charge in [0.15, 0.2) is 5.79 Å². The van der Waals surface area contributed by atoms with Crippen LogP contribution in [0.3, 0.4) is 0 Å². The van der Waals surface area contributed by atoms with E-state index in [9.17, 15) is 9.90 Å². The van der Waals surface area contributed by atoms with Crippen LogP contribution in [0.25, 0.3) is 27.4 Å². The Bertz CT molecular complexity index is 1260. The molecule has 3 aromatic rings. The molecule has 1 aromatic heterocycles. The molecule has 35 heavy (non-hydrogen) atoms. The van der Waals surface area contributed by atoms with E-state index in [0.717, 1.165) is 22.7 Å². The van der Waals surface area contributed by atoms with Crippen LogP contribution >= 0.6 is 0 Å². The van der Waals surface area contributed by atoms with E-state index in [1.165, 1.54) is 0 Å². The van der Waals surface area contributed by atoms with E-state index in [4.69, 9.17) is 24.8 Å². The van der Waals surface area contributed by atoms with Gasteiger partial charge in [-0.05, 0) is 53.8 Å². The number of rotatable bonds is 5. The van der Waals surface area contributed by atoms with Crippen LogP contribution in [-0.2, 0) is 15.1 Å². The highest BCUT2D eigenvalue weighted by atomic mass is 16.7. The zero-order valence-corrected chi connectivity index (χ0v) is 19.3. The Labute approximate surface area is 201 Å². The van der Waals surface area contributed by atoms with Crippen LogP contribution in [0.15, 0.2) is 59.7 Å². The number of aliphatic hydroxyl groups is 1. The van der Waals surface area contributed by atoms with E-state index < -0.39 is 17.3 Å². The third-order valence-electron chi connectivity index (χ3n) is 6.72. The van der Waals surface area contributed by atoms with Gasteiger partial charge in [0, 0.05) is 28.9 Å². The molecule has 1 saturated heterocycles. The normalized spacial score (nSPS) is 18.2. The second kappa shape index (κ2) is 9.16. The van der Waals surface area contributed by atoms with E-state index in [2.05, 4.69) is 10.0 Å². The van der Waals surface area contributed by atoms with Crippen molar-refractivity contribution in [1.82, 2.24) is 9.78 Å². The molecule has 0 bridgehead atoms. The number of hydrogen-bond acceptors (Lipinski definition) is 6. The van der Waals surface area contributed by atoms with Crippen molar-refractivity contribution in [1.29, 1.82) is 0 Å². The highest BCUT2D eigenvalue weighted by Gasteiger charge is 2.47. The quantitative estimate of drug-likeness (QED) is 0.328. The van der Waals surface area contributed by atoms with Gasteiger partial charge in [-0.15, -0.1) is 0 Å². The Morgan fingerprint density at radius 1 is 1.09 bits per heavy atom. The number of hydrogen-bond donors (Lipinski definition) is 1. The maximum atomic E-state index is 11.9. The predicted octanol–water partition coefficient (Wildman–Crippen LogP) is 4.50. The van der Waals surface area contributed by atoms with Crippen molar-refractivity contribution in [3.05, 3.63) is 76.3 Å². The maximum Gasteiger partial charge on any atom is 0.249 e. The van der Waals surface area contributed by atoms with Crippen LogP contribution in [0.2, 0.25) is 0 Å². The van der Waals surface area contributed by atoms with Gasteiger partial charge in [-0.2, -0.15) is 5.10 Å². The zero-order chi connectivity index (χ0) is 24.5. The van der Waals surface area contributed by atoms with Crippen molar-refractivity contribution in [2.75, 3.05) is 20.3 Å². The van der Waals surface area contributed by atoms with Gasteiger partial charge in [0.05, 0.1) is 37.4 Å². The van der Waals surface area contributed by atoms with Gasteiger partial charge in [-0.1, -0.05) is 24.3 Å². The summed E-state index contributed by atoms with van der Waals surface area (Å²) in [6, 6.07) is 16.1. The Kier molecular flexibility index (Phi) is 6.04. The topological polar surface area (TPSA) is 132 Å². The molecule has 1 aliphatic carbocycles. The lowest BCUT2D eigenvalue weighted by molar-refractivity contribution is -0.204. The van der Waals surface area contributed by atoms with E-state index in [-0.39, 0.29) is 5.56 Å². The van der Waals surface area contributed by atoms with Gasteiger partial charge in [-0.3, -0.25) is 4.79 Å². The monoisotopic (exact) mass is 475 g/mol. The summed E-state index contributed by atoms with van der Waals surface area (Å²) < 4.78 is 18.7. The molecule has 10 nitrogen and oxygen atoms in total. The molecule has 1 saturated carbocycles. The molecule has 2 aromatic carbocycles. The molecule has 1 N–H and O–H groups in total. The first-order valence-corrected chi connectivity index (χ1v) is 11.4. The summed E-state index contributed by atoms with van der Waals surface area (Å²) in [7, 11) is 1.61. The first-order chi connectivity index (χ1) is 17.0. The zero-order valence-electron chi connectivity index (χ0n) is 19.3. The molecular weight excluding hydrogens is 450 g/mol. The van der Waals surface area contributed by atoms with Gasteiger partial charge in [-0.25, -0.2) is 4.68 Å². The van der Waals surface area contributed by atoms with Crippen molar-refractivity contribution < 1.29 is 24.1 Å². The van der Waals surface area contributed by atoms with E-state index >= 15 is 0 Å². The number of amides is 1. The molecule has 0 radical (unpaired) electrons. The third kappa shape index (κ3) is 4.40. The average Bonchev–Trinajstić information content (AvgIpc) is 3.55. The minimum Gasteiger partial charge on any atom is -0.497 e. The van der Waals surface area contributed by atoms with E-state index in [1.54, 1.807) is 36.1 Å². The lowest BCUT2D eigenvalue weighted by Gasteiger charge is -2.39. The smallest absolute Gasteiger partial charge is 0.249 e. The standard InChI is InChI=1S/C25H25N5O5/c1-33-20-8-6-19(7-9-20)30-21(17-2-4-18(5-3-17)23(31)27-29-26)16-22(28-30)24(32)10-12-25(13-11-24)34-14-15-35-25/h2-9,16,32H,10-15H2,1H3. The number of carbonyl (C=O) groups excluding carboxylic acids is 1. The minimum atomic E-state index is -1.12. The molecule has 5 rings (SSSR count). The van der Waals surface area contributed by atoms with Gasteiger partial charge < -0.3 is 19.3 Å². The molecular formula is C25H25N5O5. The number of nitrogens with zero attached hydrogens (tertiary/aromatic N) is 5. The highest BCUT2D eigenvalue weighted by molar-refractivity contribution is 5.95. The lowest BCUT2D eigenvalue weighted by Crippen LogP contribution is -2.42. The fourth-order valence-corrected chi connectivity index (χ4v) is 4.70. The summed E-state index contributed by atoms with van der Waals surface area (Å²) in [6.07, 6.45) is 2.10. The second-order valence-corrected chi connectivity index (χ2v) is 8.74. The van der Waals surface area contributed by atoms with Gasteiger partial charge in [0.25, 0.3) is 0 Å². The largest absolute Gasteiger partial charge is 0.497 e. The predicted molar refractivity (Wildman–Crippen MR) is 126 cm³/mol. The van der Waals surface area contributed by atoms with E-state index in [1.807, 2.05) is 30.3 Å². The number of aromatic nitrogens is 2. The molecule has 2 heterocycles. The lowest BCUT2D eigenvalue weighted by atomic mass is 9.79. The van der Waals surface area contributed by atoms with Crippen molar-refractivity contribution in [3.63, 3.8) is 0 Å². The molecule has 1 amide bonds. The Hall–Kier alpha value is -3.69. The number of methoxy groups -OCH3 is 1. The molecule has 0 unspecified atom stereocenters. The van der Waals surface area contributed by atoms with Crippen molar-refractivity contribution in [2.24, 2.45) is 5.11 Å². The molecule has 2 fully saturated rings. The molecule has 1 spiro atoms. The fourth-order valence-electron chi connectivity index (χ4n) is 4.70. The maximum absolute atomic E-state index is 11.9. The Morgan fingerprint density at radius 2 is 1.74 bits per heavy atom. The van der Waals surface area contributed by atoms with Gasteiger partial charge >= 0.3 is 0 Å². The third-order valence-corrected chi connectivity index (χ3v) is 6.72. The minimum absolute atomic E-state index is 0.287. The van der Waals surface area contributed by atoms with Gasteiger partial charge in [0.1, 0.15) is 11.4 Å². The Morgan fingerprint density at radius 3 is 2.34 bits per heavy atom. The summed E-state index contributed by atoms with van der Waals surface area (Å²) in [5, 5.41) is 19.5. The second-order valence-electron chi connectivity index (χ2n) is 8.74.